The summed E-state index contributed by atoms with van der Waals surface area (Å²) in [7, 11) is 1.51. The van der Waals surface area contributed by atoms with Gasteiger partial charge in [-0.25, -0.2) is 0 Å². The van der Waals surface area contributed by atoms with E-state index in [1.54, 1.807) is 0 Å². The molecule has 0 heterocycles. The minimum atomic E-state index is -2.33. The Morgan fingerprint density at radius 3 is 2.18 bits per heavy atom. The highest BCUT2D eigenvalue weighted by Gasteiger charge is 2.38. The van der Waals surface area contributed by atoms with Gasteiger partial charge in [0.2, 0.25) is 0 Å². The number of halogens is 2. The van der Waals surface area contributed by atoms with E-state index in [0.717, 1.165) is 5.30 Å². The summed E-state index contributed by atoms with van der Waals surface area (Å²) in [5.41, 5.74) is 0. The Bertz CT molecular complexity index is 225. The number of benzene rings is 1. The second-order valence-electron chi connectivity index (χ2n) is 1.98. The van der Waals surface area contributed by atoms with Gasteiger partial charge in [0.15, 0.2) is 5.30 Å². The molecule has 60 valence electrons. The zero-order valence-electron chi connectivity index (χ0n) is 6.00. The van der Waals surface area contributed by atoms with Crippen LogP contribution >= 0.6 is 28.7 Å². The lowest BCUT2D eigenvalue weighted by Crippen LogP contribution is -2.01. The molecule has 11 heavy (non-hydrogen) atoms. The second-order valence-corrected chi connectivity index (χ2v) is 7.16. The summed E-state index contributed by atoms with van der Waals surface area (Å²) in [5.74, 6) is 0. The molecule has 0 saturated heterocycles. The van der Waals surface area contributed by atoms with Crippen molar-refractivity contribution < 1.29 is 4.52 Å². The highest BCUT2D eigenvalue weighted by Crippen LogP contribution is 2.67. The van der Waals surface area contributed by atoms with Crippen LogP contribution in [0, 0.1) is 0 Å². The van der Waals surface area contributed by atoms with Crippen LogP contribution in [0.2, 0.25) is 0 Å². The Morgan fingerprint density at radius 2 is 1.73 bits per heavy atom. The van der Waals surface area contributed by atoms with E-state index in [2.05, 4.69) is 0 Å². The third-order valence-corrected chi connectivity index (χ3v) is 4.64. The molecular weight excluding hydrogens is 202 g/mol. The van der Waals surface area contributed by atoms with Crippen molar-refractivity contribution in [1.82, 2.24) is 0 Å². The average molecular weight is 210 g/mol. The Labute approximate surface area is 76.3 Å². The van der Waals surface area contributed by atoms with E-state index in [4.69, 9.17) is 27.0 Å². The van der Waals surface area contributed by atoms with Crippen LogP contribution in [0.5, 0.6) is 0 Å². The molecule has 0 aromatic heterocycles. The van der Waals surface area contributed by atoms with E-state index in [9.17, 15) is 0 Å². The van der Waals surface area contributed by atoms with Crippen LogP contribution in [0.1, 0.15) is 0 Å². The molecule has 0 fully saturated rings. The Kier molecular flexibility index (Phi) is 3.15. The van der Waals surface area contributed by atoms with Crippen molar-refractivity contribution in [2.45, 2.75) is 0 Å². The molecule has 0 amide bonds. The second kappa shape index (κ2) is 3.73. The van der Waals surface area contributed by atoms with Crippen molar-refractivity contribution in [3.05, 3.63) is 30.3 Å². The first kappa shape index (κ1) is 9.28. The molecule has 0 aliphatic carbocycles. The third kappa shape index (κ3) is 2.31. The zero-order chi connectivity index (χ0) is 8.32. The van der Waals surface area contributed by atoms with Gasteiger partial charge < -0.3 is 0 Å². The summed E-state index contributed by atoms with van der Waals surface area (Å²) in [6.07, 6.45) is -2.33. The van der Waals surface area contributed by atoms with E-state index in [1.165, 1.54) is 7.11 Å². The van der Waals surface area contributed by atoms with Gasteiger partial charge in [0.25, 0.3) is 0 Å². The summed E-state index contributed by atoms with van der Waals surface area (Å²) in [6.45, 7) is 0. The smallest absolute Gasteiger partial charge is 0.199 e. The molecule has 1 aromatic rings. The minimum Gasteiger partial charge on any atom is -0.199 e. The first-order valence-electron chi connectivity index (χ1n) is 3.06. The lowest BCUT2D eigenvalue weighted by molar-refractivity contribution is 0.473. The van der Waals surface area contributed by atoms with Crippen molar-refractivity contribution in [1.29, 1.82) is 0 Å². The maximum Gasteiger partial charge on any atom is 0.371 e. The Balaban J connectivity index is 2.93. The molecule has 0 aliphatic heterocycles. The molecule has 4 heteroatoms. The van der Waals surface area contributed by atoms with Crippen molar-refractivity contribution >= 4 is 34.0 Å². The third-order valence-electron chi connectivity index (χ3n) is 1.29. The van der Waals surface area contributed by atoms with Crippen LogP contribution in [-0.4, -0.2) is 7.11 Å². The maximum absolute atomic E-state index is 5.90. The van der Waals surface area contributed by atoms with Gasteiger partial charge in [-0.05, 0) is 12.1 Å². The molecule has 0 radical (unpaired) electrons. The lowest BCUT2D eigenvalue weighted by Gasteiger charge is -2.04. The molecule has 1 aromatic carbocycles. The molecule has 1 rings (SSSR count). The van der Waals surface area contributed by atoms with Gasteiger partial charge in [0.05, 0.1) is 7.11 Å². The lowest BCUT2D eigenvalue weighted by atomic mass is 10.4. The Hall–Kier alpha value is 0.190. The predicted molar refractivity (Wildman–Crippen MR) is 51.7 cm³/mol. The highest BCUT2D eigenvalue weighted by atomic mass is 35.9. The van der Waals surface area contributed by atoms with E-state index >= 15 is 0 Å². The van der Waals surface area contributed by atoms with Gasteiger partial charge in [-0.2, -0.15) is 4.52 Å². The van der Waals surface area contributed by atoms with Crippen LogP contribution < -0.4 is 5.30 Å². The fraction of sp³-hybridized carbons (Fsp3) is 0.143. The summed E-state index contributed by atoms with van der Waals surface area (Å²) < 4.78 is 4.97. The maximum atomic E-state index is 5.90. The highest BCUT2D eigenvalue weighted by molar-refractivity contribution is 8.18. The van der Waals surface area contributed by atoms with E-state index < -0.39 is 6.19 Å². The van der Waals surface area contributed by atoms with Crippen molar-refractivity contribution in [3.8, 4) is 0 Å². The van der Waals surface area contributed by atoms with Gasteiger partial charge in [0, 0.05) is 0 Å². The molecular formula is C7H8Cl2OP+. The van der Waals surface area contributed by atoms with Gasteiger partial charge in [-0.1, -0.05) is 18.2 Å². The monoisotopic (exact) mass is 209 g/mol. The van der Waals surface area contributed by atoms with E-state index in [1.807, 2.05) is 30.3 Å². The van der Waals surface area contributed by atoms with Crippen LogP contribution in [0.3, 0.4) is 0 Å². The van der Waals surface area contributed by atoms with Crippen molar-refractivity contribution in [2.24, 2.45) is 0 Å². The zero-order valence-corrected chi connectivity index (χ0v) is 8.40. The largest absolute Gasteiger partial charge is 0.371 e. The van der Waals surface area contributed by atoms with Gasteiger partial charge >= 0.3 is 6.19 Å². The van der Waals surface area contributed by atoms with Gasteiger partial charge in [-0.15, -0.1) is 0 Å². The SMILES string of the molecule is CO[P+](Cl)(Cl)c1ccccc1. The standard InChI is InChI=1S/C7H8Cl2OP/c1-10-11(8,9)7-5-3-2-4-6-7/h2-6H,1H3/q+1. The Morgan fingerprint density at radius 1 is 1.18 bits per heavy atom. The fourth-order valence-corrected chi connectivity index (χ4v) is 2.11. The van der Waals surface area contributed by atoms with E-state index in [0.29, 0.717) is 0 Å². The molecule has 0 bridgehead atoms. The first-order valence-corrected chi connectivity index (χ1v) is 6.58. The number of hydrogen-bond acceptors (Lipinski definition) is 1. The molecule has 0 unspecified atom stereocenters. The van der Waals surface area contributed by atoms with Gasteiger partial charge in [0.1, 0.15) is 22.5 Å². The van der Waals surface area contributed by atoms with E-state index in [-0.39, 0.29) is 0 Å². The molecule has 0 saturated carbocycles. The summed E-state index contributed by atoms with van der Waals surface area (Å²) in [6, 6.07) is 9.39. The summed E-state index contributed by atoms with van der Waals surface area (Å²) >= 11 is 11.8. The predicted octanol–water partition coefficient (Wildman–Crippen LogP) is 3.20. The molecule has 1 nitrogen and oxygen atoms in total. The molecule has 0 spiro atoms. The van der Waals surface area contributed by atoms with Crippen LogP contribution in [0.25, 0.3) is 0 Å². The topological polar surface area (TPSA) is 9.23 Å². The fourth-order valence-electron chi connectivity index (χ4n) is 0.707. The van der Waals surface area contributed by atoms with Crippen LogP contribution in [0.4, 0.5) is 0 Å². The van der Waals surface area contributed by atoms with Crippen molar-refractivity contribution in [3.63, 3.8) is 0 Å². The minimum absolute atomic E-state index is 0.853. The van der Waals surface area contributed by atoms with Crippen LogP contribution in [-0.2, 0) is 4.52 Å². The molecule has 0 aliphatic rings. The summed E-state index contributed by atoms with van der Waals surface area (Å²) in [4.78, 5) is 0. The van der Waals surface area contributed by atoms with Crippen molar-refractivity contribution in [2.75, 3.05) is 7.11 Å². The quantitative estimate of drug-likeness (QED) is 0.681. The van der Waals surface area contributed by atoms with Gasteiger partial charge in [-0.3, -0.25) is 0 Å². The number of hydrogen-bond donors (Lipinski definition) is 0. The average Bonchev–Trinajstić information content (AvgIpc) is 2.06. The van der Waals surface area contributed by atoms with Crippen LogP contribution in [0.15, 0.2) is 30.3 Å². The molecule has 0 atom stereocenters. The number of rotatable bonds is 2. The summed E-state index contributed by atoms with van der Waals surface area (Å²) in [5, 5.41) is 0.853. The normalized spacial score (nSPS) is 11.5. The molecule has 0 N–H and O–H groups in total. The first-order chi connectivity index (χ1) is 5.17.